The largest absolute Gasteiger partial charge is 0.497 e. The van der Waals surface area contributed by atoms with Crippen LogP contribution in [0.15, 0.2) is 71.4 Å². The maximum atomic E-state index is 13.2. The summed E-state index contributed by atoms with van der Waals surface area (Å²) in [6, 6.07) is 15.5. The molecule has 0 spiro atoms. The molecule has 1 heterocycles. The van der Waals surface area contributed by atoms with E-state index in [-0.39, 0.29) is 17.6 Å². The number of methoxy groups -OCH3 is 1. The summed E-state index contributed by atoms with van der Waals surface area (Å²) < 4.78 is 30.8. The first-order chi connectivity index (χ1) is 15.3. The predicted octanol–water partition coefficient (Wildman–Crippen LogP) is 4.75. The maximum Gasteiger partial charge on any atom is 0.174 e. The lowest BCUT2D eigenvalue weighted by molar-refractivity contribution is 0.0888. The van der Waals surface area contributed by atoms with Crippen molar-refractivity contribution in [1.29, 1.82) is 0 Å². The fourth-order valence-electron chi connectivity index (χ4n) is 4.85. The zero-order chi connectivity index (χ0) is 22.9. The molecule has 5 nitrogen and oxygen atoms in total. The van der Waals surface area contributed by atoms with Gasteiger partial charge >= 0.3 is 0 Å². The third kappa shape index (κ3) is 4.51. The highest BCUT2D eigenvalue weighted by atomic mass is 32.2. The molecule has 0 aromatic heterocycles. The third-order valence-corrected chi connectivity index (χ3v) is 7.86. The molecule has 0 saturated carbocycles. The van der Waals surface area contributed by atoms with Gasteiger partial charge in [-0.2, -0.15) is 0 Å². The lowest BCUT2D eigenvalue weighted by Crippen LogP contribution is -2.30. The summed E-state index contributed by atoms with van der Waals surface area (Å²) >= 11 is 0. The van der Waals surface area contributed by atoms with E-state index in [2.05, 4.69) is 0 Å². The van der Waals surface area contributed by atoms with Gasteiger partial charge in [0.25, 0.3) is 0 Å². The first kappa shape index (κ1) is 22.3. The first-order valence-electron chi connectivity index (χ1n) is 10.9. The summed E-state index contributed by atoms with van der Waals surface area (Å²) in [7, 11) is -1.81. The van der Waals surface area contributed by atoms with E-state index in [9.17, 15) is 13.2 Å². The van der Waals surface area contributed by atoms with E-state index in [1.165, 1.54) is 6.26 Å². The Morgan fingerprint density at radius 3 is 2.56 bits per heavy atom. The summed E-state index contributed by atoms with van der Waals surface area (Å²) in [5.41, 5.74) is 3.58. The summed E-state index contributed by atoms with van der Waals surface area (Å²) in [6.45, 7) is 2.46. The Morgan fingerprint density at radius 1 is 1.12 bits per heavy atom. The van der Waals surface area contributed by atoms with Crippen molar-refractivity contribution in [3.63, 3.8) is 0 Å². The van der Waals surface area contributed by atoms with E-state index >= 15 is 0 Å². The van der Waals surface area contributed by atoms with Crippen molar-refractivity contribution in [3.8, 4) is 5.75 Å². The second-order valence-corrected chi connectivity index (χ2v) is 10.6. The second-order valence-electron chi connectivity index (χ2n) is 8.64. The van der Waals surface area contributed by atoms with Crippen LogP contribution in [-0.4, -0.2) is 32.5 Å². The number of ketones is 1. The van der Waals surface area contributed by atoms with Crippen LogP contribution in [0.5, 0.6) is 5.75 Å². The number of fused-ring (bicyclic) bond motifs is 1. The van der Waals surface area contributed by atoms with Crippen LogP contribution in [0.4, 0.5) is 0 Å². The number of carbonyl (C=O) groups is 1. The zero-order valence-corrected chi connectivity index (χ0v) is 19.6. The lowest BCUT2D eigenvalue weighted by Gasteiger charge is -2.33. The quantitative estimate of drug-likeness (QED) is 0.634. The molecule has 0 N–H and O–H groups in total. The average molecular weight is 452 g/mol. The van der Waals surface area contributed by atoms with E-state index in [1.807, 2.05) is 72.6 Å². The Morgan fingerprint density at radius 2 is 1.88 bits per heavy atom. The van der Waals surface area contributed by atoms with Gasteiger partial charge in [-0.15, -0.1) is 0 Å². The number of allylic oxidation sites excluding steroid dienone is 3. The molecule has 0 amide bonds. The van der Waals surface area contributed by atoms with Crippen molar-refractivity contribution in [3.05, 3.63) is 88.1 Å². The van der Waals surface area contributed by atoms with Crippen LogP contribution < -0.4 is 4.74 Å². The molecular weight excluding hydrogens is 422 g/mol. The van der Waals surface area contributed by atoms with Crippen LogP contribution in [0.25, 0.3) is 0 Å². The summed E-state index contributed by atoms with van der Waals surface area (Å²) in [4.78, 5) is 15.6. The number of benzene rings is 2. The first-order valence-corrected chi connectivity index (χ1v) is 12.8. The van der Waals surface area contributed by atoms with E-state index in [1.54, 1.807) is 7.11 Å². The van der Waals surface area contributed by atoms with Gasteiger partial charge < -0.3 is 9.64 Å². The smallest absolute Gasteiger partial charge is 0.174 e. The Balaban J connectivity index is 1.58. The Hall–Kier alpha value is -2.86. The van der Waals surface area contributed by atoms with Crippen molar-refractivity contribution in [2.45, 2.75) is 32.7 Å². The van der Waals surface area contributed by atoms with Gasteiger partial charge in [-0.25, -0.2) is 8.42 Å². The normalized spacial score (nSPS) is 21.0. The Labute approximate surface area is 190 Å². The van der Waals surface area contributed by atoms with Crippen LogP contribution in [0, 0.1) is 11.8 Å². The second kappa shape index (κ2) is 8.94. The molecule has 32 heavy (non-hydrogen) atoms. The number of hydrogen-bond acceptors (Lipinski definition) is 5. The van der Waals surface area contributed by atoms with Crippen molar-refractivity contribution >= 4 is 15.6 Å². The molecule has 4 rings (SSSR count). The van der Waals surface area contributed by atoms with E-state index in [4.69, 9.17) is 4.74 Å². The fraction of sp³-hybridized carbons (Fsp3) is 0.346. The molecule has 0 saturated heterocycles. The fourth-order valence-corrected chi connectivity index (χ4v) is 6.23. The van der Waals surface area contributed by atoms with Gasteiger partial charge in [-0.3, -0.25) is 4.79 Å². The SMILES string of the molecule is COc1ccc2c(c1)CCC(CC1C=CN(Cc3ccccc3)C(C)=C1S(C)(=O)=O)C2=O. The summed E-state index contributed by atoms with van der Waals surface area (Å²) in [5, 5.41) is 0. The minimum atomic E-state index is -3.43. The highest BCUT2D eigenvalue weighted by Crippen LogP contribution is 2.38. The van der Waals surface area contributed by atoms with E-state index < -0.39 is 9.84 Å². The van der Waals surface area contributed by atoms with Crippen LogP contribution >= 0.6 is 0 Å². The van der Waals surface area contributed by atoms with E-state index in [0.29, 0.717) is 24.3 Å². The Kier molecular flexibility index (Phi) is 6.24. The number of aryl methyl sites for hydroxylation is 1. The molecule has 2 unspecified atom stereocenters. The van der Waals surface area contributed by atoms with Crippen LogP contribution in [0.3, 0.4) is 0 Å². The molecule has 2 aromatic rings. The molecule has 2 aliphatic rings. The van der Waals surface area contributed by atoms with Crippen LogP contribution in [-0.2, 0) is 22.8 Å². The van der Waals surface area contributed by atoms with Gasteiger partial charge in [-0.1, -0.05) is 36.4 Å². The minimum absolute atomic E-state index is 0.0968. The molecule has 6 heteroatoms. The lowest BCUT2D eigenvalue weighted by atomic mass is 9.78. The number of Topliss-reactive ketones (excluding diaryl/α,β-unsaturated/α-hetero) is 1. The number of rotatable bonds is 6. The van der Waals surface area contributed by atoms with E-state index in [0.717, 1.165) is 34.6 Å². The zero-order valence-electron chi connectivity index (χ0n) is 18.7. The topological polar surface area (TPSA) is 63.7 Å². The van der Waals surface area contributed by atoms with Gasteiger partial charge in [0.2, 0.25) is 0 Å². The number of ether oxygens (including phenoxy) is 1. The highest BCUT2D eigenvalue weighted by molar-refractivity contribution is 7.94. The molecule has 1 aliphatic carbocycles. The number of nitrogens with zero attached hydrogens (tertiary/aromatic N) is 1. The van der Waals surface area contributed by atoms with Crippen molar-refractivity contribution < 1.29 is 17.9 Å². The standard InChI is InChI=1S/C26H29NO4S/c1-18-26(32(3,29)30)22(13-14-27(18)17-19-7-5-4-6-8-19)15-21-10-9-20-16-23(31-2)11-12-24(20)25(21)28/h4-8,11-14,16,21-22H,9-10,15,17H2,1-3H3. The van der Waals surface area contributed by atoms with Gasteiger partial charge in [0.1, 0.15) is 5.75 Å². The molecule has 1 aliphatic heterocycles. The molecule has 168 valence electrons. The highest BCUT2D eigenvalue weighted by Gasteiger charge is 2.35. The molecule has 0 radical (unpaired) electrons. The third-order valence-electron chi connectivity index (χ3n) is 6.47. The van der Waals surface area contributed by atoms with Crippen LogP contribution in [0.1, 0.15) is 41.3 Å². The molecule has 0 fully saturated rings. The number of carbonyl (C=O) groups excluding carboxylic acids is 1. The predicted molar refractivity (Wildman–Crippen MR) is 126 cm³/mol. The van der Waals surface area contributed by atoms with Gasteiger partial charge in [0, 0.05) is 42.1 Å². The minimum Gasteiger partial charge on any atom is -0.497 e. The molecular formula is C26H29NO4S. The van der Waals surface area contributed by atoms with Gasteiger partial charge in [0.15, 0.2) is 15.6 Å². The summed E-state index contributed by atoms with van der Waals surface area (Å²) in [6.07, 6.45) is 7.18. The van der Waals surface area contributed by atoms with Crippen molar-refractivity contribution in [2.75, 3.05) is 13.4 Å². The average Bonchev–Trinajstić information content (AvgIpc) is 2.77. The number of sulfone groups is 1. The summed E-state index contributed by atoms with van der Waals surface area (Å²) in [5.74, 6) is 0.350. The molecule has 2 aromatic carbocycles. The monoisotopic (exact) mass is 451 g/mol. The number of hydrogen-bond donors (Lipinski definition) is 0. The molecule has 0 bridgehead atoms. The van der Waals surface area contributed by atoms with Crippen molar-refractivity contribution in [1.82, 2.24) is 4.90 Å². The Bertz CT molecular complexity index is 1180. The van der Waals surface area contributed by atoms with Crippen molar-refractivity contribution in [2.24, 2.45) is 11.8 Å². The van der Waals surface area contributed by atoms with Gasteiger partial charge in [-0.05, 0) is 55.5 Å². The van der Waals surface area contributed by atoms with Crippen LogP contribution in [0.2, 0.25) is 0 Å². The van der Waals surface area contributed by atoms with Gasteiger partial charge in [0.05, 0.1) is 12.0 Å². The molecule has 2 atom stereocenters. The maximum absolute atomic E-state index is 13.2.